The van der Waals surface area contributed by atoms with Crippen LogP contribution in [0.25, 0.3) is 16.7 Å². The van der Waals surface area contributed by atoms with Crippen LogP contribution in [0.15, 0.2) is 36.8 Å². The van der Waals surface area contributed by atoms with Crippen molar-refractivity contribution >= 4 is 28.5 Å². The van der Waals surface area contributed by atoms with Crippen molar-refractivity contribution in [3.8, 4) is 5.69 Å². The summed E-state index contributed by atoms with van der Waals surface area (Å²) in [4.78, 5) is 13.9. The van der Waals surface area contributed by atoms with Crippen molar-refractivity contribution in [2.45, 2.75) is 31.8 Å². The average Bonchev–Trinajstić information content (AvgIpc) is 3.27. The Morgan fingerprint density at radius 1 is 1.03 bits per heavy atom. The van der Waals surface area contributed by atoms with E-state index in [1.165, 1.54) is 11.3 Å². The van der Waals surface area contributed by atoms with E-state index >= 15 is 0 Å². The maximum atomic E-state index is 6.31. The number of aromatic nitrogens is 6. The van der Waals surface area contributed by atoms with Crippen LogP contribution in [0, 0.1) is 5.41 Å². The summed E-state index contributed by atoms with van der Waals surface area (Å²) in [6, 6.07) is 8.19. The molecular weight excluding hydrogens is 436 g/mol. The molecule has 8 nitrogen and oxygen atoms in total. The molecule has 4 aromatic rings. The quantitative estimate of drug-likeness (QED) is 0.456. The van der Waals surface area contributed by atoms with Crippen LogP contribution >= 0.6 is 11.6 Å². The van der Waals surface area contributed by atoms with Gasteiger partial charge < -0.3 is 9.47 Å². The summed E-state index contributed by atoms with van der Waals surface area (Å²) < 4.78 is 4.34. The molecule has 168 valence electrons. The highest BCUT2D eigenvalue weighted by Crippen LogP contribution is 2.57. The summed E-state index contributed by atoms with van der Waals surface area (Å²) in [5, 5.41) is 10.0. The summed E-state index contributed by atoms with van der Waals surface area (Å²) in [5.74, 6) is 3.54. The fourth-order valence-electron chi connectivity index (χ4n) is 6.07. The Balaban J connectivity index is 1.14. The van der Waals surface area contributed by atoms with Gasteiger partial charge in [0.25, 0.3) is 0 Å². The molecule has 9 heteroatoms. The van der Waals surface area contributed by atoms with Gasteiger partial charge in [-0.15, -0.1) is 10.2 Å². The fourth-order valence-corrected chi connectivity index (χ4v) is 6.26. The molecule has 0 unspecified atom stereocenters. The highest BCUT2D eigenvalue weighted by Gasteiger charge is 2.54. The second-order valence-corrected chi connectivity index (χ2v) is 10.5. The van der Waals surface area contributed by atoms with Gasteiger partial charge >= 0.3 is 0 Å². The van der Waals surface area contributed by atoms with Gasteiger partial charge in [0.05, 0.1) is 24.1 Å². The van der Waals surface area contributed by atoms with Crippen molar-refractivity contribution in [2.24, 2.45) is 12.5 Å². The molecule has 1 saturated carbocycles. The second-order valence-electron chi connectivity index (χ2n) is 10.1. The molecule has 2 aliphatic heterocycles. The van der Waals surface area contributed by atoms with Gasteiger partial charge in [-0.2, -0.15) is 0 Å². The molecule has 1 aliphatic carbocycles. The first kappa shape index (κ1) is 19.5. The predicted molar refractivity (Wildman–Crippen MR) is 127 cm³/mol. The van der Waals surface area contributed by atoms with Gasteiger partial charge in [-0.05, 0) is 49.7 Å². The lowest BCUT2D eigenvalue weighted by molar-refractivity contribution is 0.0584. The number of halogens is 1. The molecule has 33 heavy (non-hydrogen) atoms. The summed E-state index contributed by atoms with van der Waals surface area (Å²) >= 11 is 6.31. The van der Waals surface area contributed by atoms with Crippen LogP contribution in [-0.2, 0) is 20.1 Å². The van der Waals surface area contributed by atoms with Crippen molar-refractivity contribution in [3.63, 3.8) is 0 Å². The molecule has 3 aliphatic rings. The maximum absolute atomic E-state index is 6.31. The Kier molecular flexibility index (Phi) is 4.00. The van der Waals surface area contributed by atoms with Gasteiger partial charge in [0.2, 0.25) is 0 Å². The minimum absolute atomic E-state index is 0.347. The van der Waals surface area contributed by atoms with Gasteiger partial charge in [-0.1, -0.05) is 11.6 Å². The minimum atomic E-state index is 0.347. The van der Waals surface area contributed by atoms with E-state index in [9.17, 15) is 0 Å². The zero-order valence-electron chi connectivity index (χ0n) is 18.7. The topological polar surface area (TPSA) is 67.9 Å². The van der Waals surface area contributed by atoms with Gasteiger partial charge in [-0.3, -0.25) is 9.47 Å². The van der Waals surface area contributed by atoms with Crippen LogP contribution in [0.4, 0.5) is 5.82 Å². The Bertz CT molecular complexity index is 1390. The smallest absolute Gasteiger partial charge is 0.156 e. The van der Waals surface area contributed by atoms with E-state index < -0.39 is 0 Å². The minimum Gasteiger partial charge on any atom is -0.354 e. The lowest BCUT2D eigenvalue weighted by Gasteiger charge is -2.59. The molecule has 5 heterocycles. The zero-order chi connectivity index (χ0) is 22.3. The standard InChI is InChI=1S/C24H25ClN8/c1-30-10-15-7-17(25)3-4-18(15)33-20(11-30)28-29-22(33)16-8-24(9-16)12-32(13-24)23-21-19(5-6-26-23)31(2)14-27-21/h3-7,14,16H,8-13H2,1-2H3. The highest BCUT2D eigenvalue weighted by atomic mass is 35.5. The number of rotatable bonds is 2. The van der Waals surface area contributed by atoms with Crippen LogP contribution < -0.4 is 4.90 Å². The Labute approximate surface area is 196 Å². The summed E-state index contributed by atoms with van der Waals surface area (Å²) in [6.07, 6.45) is 6.03. The number of benzene rings is 1. The van der Waals surface area contributed by atoms with E-state index in [2.05, 4.69) is 58.3 Å². The molecule has 0 radical (unpaired) electrons. The number of imidazole rings is 1. The molecule has 3 aromatic heterocycles. The van der Waals surface area contributed by atoms with Crippen LogP contribution in [0.1, 0.15) is 36.0 Å². The summed E-state index contributed by atoms with van der Waals surface area (Å²) in [7, 11) is 4.14. The third kappa shape index (κ3) is 2.87. The third-order valence-electron chi connectivity index (χ3n) is 7.59. The molecule has 7 rings (SSSR count). The van der Waals surface area contributed by atoms with E-state index in [1.54, 1.807) is 0 Å². The van der Waals surface area contributed by atoms with Crippen LogP contribution in [0.2, 0.25) is 5.02 Å². The van der Waals surface area contributed by atoms with Crippen molar-refractivity contribution in [1.82, 2.24) is 34.2 Å². The van der Waals surface area contributed by atoms with Gasteiger partial charge in [0.1, 0.15) is 11.3 Å². The summed E-state index contributed by atoms with van der Waals surface area (Å²) in [5.41, 5.74) is 4.86. The highest BCUT2D eigenvalue weighted by molar-refractivity contribution is 6.30. The van der Waals surface area contributed by atoms with Crippen LogP contribution in [-0.4, -0.2) is 54.3 Å². The fraction of sp³-hybridized carbons (Fsp3) is 0.417. The lowest BCUT2D eigenvalue weighted by Crippen LogP contribution is -2.62. The number of nitrogens with zero attached hydrogens (tertiary/aromatic N) is 8. The number of pyridine rings is 1. The van der Waals surface area contributed by atoms with Crippen molar-refractivity contribution in [3.05, 3.63) is 59.0 Å². The Morgan fingerprint density at radius 2 is 1.88 bits per heavy atom. The maximum Gasteiger partial charge on any atom is 0.156 e. The molecule has 1 saturated heterocycles. The lowest BCUT2D eigenvalue weighted by atomic mass is 9.57. The molecule has 0 atom stereocenters. The number of hydrogen-bond donors (Lipinski definition) is 0. The number of fused-ring (bicyclic) bond motifs is 4. The molecule has 2 fully saturated rings. The number of anilines is 1. The third-order valence-corrected chi connectivity index (χ3v) is 7.82. The first-order valence-corrected chi connectivity index (χ1v) is 11.8. The van der Waals surface area contributed by atoms with Crippen molar-refractivity contribution in [1.29, 1.82) is 0 Å². The molecular formula is C24H25ClN8. The first-order valence-electron chi connectivity index (χ1n) is 11.4. The monoisotopic (exact) mass is 460 g/mol. The van der Waals surface area contributed by atoms with Crippen LogP contribution in [0.3, 0.4) is 0 Å². The number of aryl methyl sites for hydroxylation is 1. The molecule has 1 aromatic carbocycles. The van der Waals surface area contributed by atoms with E-state index in [-0.39, 0.29) is 0 Å². The van der Waals surface area contributed by atoms with E-state index in [0.717, 1.165) is 72.5 Å². The van der Waals surface area contributed by atoms with Crippen molar-refractivity contribution in [2.75, 3.05) is 25.0 Å². The van der Waals surface area contributed by atoms with E-state index in [0.29, 0.717) is 11.3 Å². The van der Waals surface area contributed by atoms with Crippen LogP contribution in [0.5, 0.6) is 0 Å². The SMILES string of the molecule is CN1Cc2cc(Cl)ccc2-n2c(nnc2C2CC3(C2)CN(c2nccc4c2ncn4C)C3)C1. The number of hydrogen-bond acceptors (Lipinski definition) is 6. The molecule has 0 bridgehead atoms. The average molecular weight is 461 g/mol. The molecule has 1 spiro atoms. The summed E-state index contributed by atoms with van der Waals surface area (Å²) in [6.45, 7) is 3.70. The Morgan fingerprint density at radius 3 is 2.73 bits per heavy atom. The predicted octanol–water partition coefficient (Wildman–Crippen LogP) is 3.53. The largest absolute Gasteiger partial charge is 0.354 e. The second kappa shape index (κ2) is 6.77. The van der Waals surface area contributed by atoms with Gasteiger partial charge in [-0.25, -0.2) is 9.97 Å². The Hall–Kier alpha value is -2.97. The zero-order valence-corrected chi connectivity index (χ0v) is 19.5. The van der Waals surface area contributed by atoms with E-state index in [1.807, 2.05) is 31.7 Å². The van der Waals surface area contributed by atoms with E-state index in [4.69, 9.17) is 11.6 Å². The molecule has 0 amide bonds. The normalized spacial score (nSPS) is 19.8. The van der Waals surface area contributed by atoms with Gasteiger partial charge in [0.15, 0.2) is 11.6 Å². The van der Waals surface area contributed by atoms with Crippen molar-refractivity contribution < 1.29 is 0 Å². The first-order chi connectivity index (χ1) is 16.0. The molecule has 0 N–H and O–H groups in total. The van der Waals surface area contributed by atoms with Gasteiger partial charge in [0, 0.05) is 49.2 Å².